The Hall–Kier alpha value is -0.960. The van der Waals surface area contributed by atoms with E-state index in [-0.39, 0.29) is 0 Å². The number of carbonyl (C=O) groups is 1. The Kier molecular flexibility index (Phi) is 6.27. The average molecular weight is 266 g/mol. The molecule has 0 aliphatic heterocycles. The topological polar surface area (TPSA) is 37.3 Å². The molecule has 3 heteroatoms. The second kappa shape index (κ2) is 7.47. The van der Waals surface area contributed by atoms with Crippen molar-refractivity contribution < 1.29 is 9.90 Å². The van der Waals surface area contributed by atoms with E-state index < -0.39 is 11.4 Å². The van der Waals surface area contributed by atoms with Crippen LogP contribution >= 0.6 is 11.8 Å². The second-order valence-corrected chi connectivity index (χ2v) is 6.29. The summed E-state index contributed by atoms with van der Waals surface area (Å²) in [5.74, 6) is 1.45. The molecule has 0 atom stereocenters. The molecule has 1 aromatic carbocycles. The van der Waals surface area contributed by atoms with Crippen LogP contribution in [0.15, 0.2) is 30.3 Å². The Labute approximate surface area is 114 Å². The van der Waals surface area contributed by atoms with E-state index in [1.54, 1.807) is 13.8 Å². The monoisotopic (exact) mass is 266 g/mol. The molecule has 18 heavy (non-hydrogen) atoms. The van der Waals surface area contributed by atoms with E-state index >= 15 is 0 Å². The van der Waals surface area contributed by atoms with E-state index in [1.807, 2.05) is 17.8 Å². The minimum atomic E-state index is -0.695. The van der Waals surface area contributed by atoms with Crippen molar-refractivity contribution >= 4 is 17.7 Å². The number of carboxylic acids is 1. The molecule has 0 aliphatic carbocycles. The lowest BCUT2D eigenvalue weighted by atomic mass is 9.88. The van der Waals surface area contributed by atoms with Gasteiger partial charge < -0.3 is 5.11 Å². The van der Waals surface area contributed by atoms with E-state index in [0.717, 1.165) is 30.8 Å². The van der Waals surface area contributed by atoms with Crippen molar-refractivity contribution in [1.82, 2.24) is 0 Å². The van der Waals surface area contributed by atoms with Gasteiger partial charge in [-0.2, -0.15) is 11.8 Å². The van der Waals surface area contributed by atoms with E-state index in [1.165, 1.54) is 5.56 Å². The van der Waals surface area contributed by atoms with Crippen molar-refractivity contribution in [3.8, 4) is 0 Å². The molecule has 100 valence electrons. The fraction of sp³-hybridized carbons (Fsp3) is 0.533. The molecule has 1 aromatic rings. The minimum Gasteiger partial charge on any atom is -0.481 e. The Morgan fingerprint density at radius 2 is 1.89 bits per heavy atom. The first-order chi connectivity index (χ1) is 8.52. The molecule has 0 bridgehead atoms. The summed E-state index contributed by atoms with van der Waals surface area (Å²) in [5, 5.41) is 8.99. The van der Waals surface area contributed by atoms with Gasteiger partial charge in [0.15, 0.2) is 0 Å². The van der Waals surface area contributed by atoms with Gasteiger partial charge in [0.25, 0.3) is 0 Å². The summed E-state index contributed by atoms with van der Waals surface area (Å²) in [7, 11) is 0. The van der Waals surface area contributed by atoms with Crippen LogP contribution in [0.4, 0.5) is 0 Å². The van der Waals surface area contributed by atoms with E-state index in [9.17, 15) is 4.79 Å². The molecule has 0 saturated heterocycles. The first-order valence-corrected chi connectivity index (χ1v) is 7.53. The molecular weight excluding hydrogens is 244 g/mol. The molecule has 0 amide bonds. The van der Waals surface area contributed by atoms with Crippen LogP contribution in [-0.2, 0) is 10.5 Å². The van der Waals surface area contributed by atoms with Crippen LogP contribution in [0.2, 0.25) is 0 Å². The molecule has 0 unspecified atom stereocenters. The molecule has 2 nitrogen and oxygen atoms in total. The summed E-state index contributed by atoms with van der Waals surface area (Å²) < 4.78 is 0. The summed E-state index contributed by atoms with van der Waals surface area (Å²) in [6.45, 7) is 3.60. The molecule has 0 radical (unpaired) electrons. The first-order valence-electron chi connectivity index (χ1n) is 6.37. The van der Waals surface area contributed by atoms with Gasteiger partial charge >= 0.3 is 5.97 Å². The average Bonchev–Trinajstić information content (AvgIpc) is 2.34. The van der Waals surface area contributed by atoms with E-state index in [2.05, 4.69) is 24.3 Å². The lowest BCUT2D eigenvalue weighted by Gasteiger charge is -2.18. The van der Waals surface area contributed by atoms with Crippen LogP contribution in [0.25, 0.3) is 0 Å². The van der Waals surface area contributed by atoms with Gasteiger partial charge in [-0.05, 0) is 38.0 Å². The van der Waals surface area contributed by atoms with Crippen LogP contribution in [0, 0.1) is 5.41 Å². The first kappa shape index (κ1) is 15.1. The van der Waals surface area contributed by atoms with Gasteiger partial charge in [-0.1, -0.05) is 36.8 Å². The highest BCUT2D eigenvalue weighted by atomic mass is 32.2. The smallest absolute Gasteiger partial charge is 0.309 e. The van der Waals surface area contributed by atoms with Gasteiger partial charge in [-0.15, -0.1) is 0 Å². The number of aliphatic carboxylic acids is 1. The molecule has 1 rings (SSSR count). The zero-order chi connectivity index (χ0) is 13.4. The number of hydrogen-bond acceptors (Lipinski definition) is 2. The SMILES string of the molecule is CC(C)(CCCCSCc1ccccc1)C(=O)O. The van der Waals surface area contributed by atoms with Gasteiger partial charge in [0.1, 0.15) is 0 Å². The summed E-state index contributed by atoms with van der Waals surface area (Å²) in [6, 6.07) is 10.4. The van der Waals surface area contributed by atoms with Gasteiger partial charge in [-0.25, -0.2) is 0 Å². The maximum absolute atomic E-state index is 10.9. The highest BCUT2D eigenvalue weighted by Crippen LogP contribution is 2.24. The number of rotatable bonds is 8. The molecule has 0 fully saturated rings. The lowest BCUT2D eigenvalue weighted by Crippen LogP contribution is -2.23. The number of carboxylic acid groups (broad SMARTS) is 1. The van der Waals surface area contributed by atoms with E-state index in [4.69, 9.17) is 5.11 Å². The molecule has 0 aromatic heterocycles. The van der Waals surface area contributed by atoms with Crippen LogP contribution in [-0.4, -0.2) is 16.8 Å². The summed E-state index contributed by atoms with van der Waals surface area (Å²) in [6.07, 6.45) is 2.84. The van der Waals surface area contributed by atoms with Crippen molar-refractivity contribution in [1.29, 1.82) is 0 Å². The second-order valence-electron chi connectivity index (χ2n) is 5.18. The number of benzene rings is 1. The van der Waals surface area contributed by atoms with Crippen molar-refractivity contribution in [2.45, 2.75) is 38.9 Å². The van der Waals surface area contributed by atoms with E-state index in [0.29, 0.717) is 0 Å². The molecule has 1 N–H and O–H groups in total. The third-order valence-electron chi connectivity index (χ3n) is 3.03. The van der Waals surface area contributed by atoms with Crippen LogP contribution in [0.5, 0.6) is 0 Å². The van der Waals surface area contributed by atoms with Crippen molar-refractivity contribution in [2.75, 3.05) is 5.75 Å². The fourth-order valence-corrected chi connectivity index (χ4v) is 2.62. The predicted molar refractivity (Wildman–Crippen MR) is 77.9 cm³/mol. The molecule has 0 spiro atoms. The van der Waals surface area contributed by atoms with Gasteiger partial charge in [-0.3, -0.25) is 4.79 Å². The minimum absolute atomic E-state index is 0.579. The van der Waals surface area contributed by atoms with Crippen molar-refractivity contribution in [3.05, 3.63) is 35.9 Å². The zero-order valence-corrected chi connectivity index (χ0v) is 12.0. The lowest BCUT2D eigenvalue weighted by molar-refractivity contribution is -0.147. The van der Waals surface area contributed by atoms with Crippen LogP contribution in [0.3, 0.4) is 0 Å². The Morgan fingerprint density at radius 1 is 1.22 bits per heavy atom. The maximum atomic E-state index is 10.9. The fourth-order valence-electron chi connectivity index (χ4n) is 1.64. The van der Waals surface area contributed by atoms with Gasteiger partial charge in [0, 0.05) is 5.75 Å². The molecular formula is C15H22O2S. The summed E-state index contributed by atoms with van der Waals surface area (Å²) in [4.78, 5) is 10.9. The highest BCUT2D eigenvalue weighted by Gasteiger charge is 2.25. The van der Waals surface area contributed by atoms with Crippen molar-refractivity contribution in [2.24, 2.45) is 5.41 Å². The highest BCUT2D eigenvalue weighted by molar-refractivity contribution is 7.98. The standard InChI is InChI=1S/C15H22O2S/c1-15(2,14(16)17)10-6-7-11-18-12-13-8-4-3-5-9-13/h3-5,8-9H,6-7,10-12H2,1-2H3,(H,16,17). The summed E-state index contributed by atoms with van der Waals surface area (Å²) in [5.41, 5.74) is 0.776. The predicted octanol–water partition coefficient (Wildman–Crippen LogP) is 4.20. The van der Waals surface area contributed by atoms with Crippen LogP contribution in [0.1, 0.15) is 38.7 Å². The Bertz CT molecular complexity index is 360. The van der Waals surface area contributed by atoms with Gasteiger partial charge in [0.05, 0.1) is 5.41 Å². The number of thioether (sulfide) groups is 1. The third kappa shape index (κ3) is 5.58. The number of hydrogen-bond donors (Lipinski definition) is 1. The largest absolute Gasteiger partial charge is 0.481 e. The quantitative estimate of drug-likeness (QED) is 0.716. The van der Waals surface area contributed by atoms with Crippen molar-refractivity contribution in [3.63, 3.8) is 0 Å². The molecule has 0 aliphatic rings. The normalized spacial score (nSPS) is 11.4. The van der Waals surface area contributed by atoms with Gasteiger partial charge in [0.2, 0.25) is 0 Å². The maximum Gasteiger partial charge on any atom is 0.309 e. The third-order valence-corrected chi connectivity index (χ3v) is 4.15. The Balaban J connectivity index is 2.08. The molecule has 0 heterocycles. The Morgan fingerprint density at radius 3 is 2.50 bits per heavy atom. The van der Waals surface area contributed by atoms with Crippen LogP contribution < -0.4 is 0 Å². The zero-order valence-electron chi connectivity index (χ0n) is 11.2. The number of unbranched alkanes of at least 4 members (excludes halogenated alkanes) is 1. The molecule has 0 saturated carbocycles. The summed E-state index contributed by atoms with van der Waals surface area (Å²) >= 11 is 1.92.